The molecule has 0 unspecified atom stereocenters. The van der Waals surface area contributed by atoms with Gasteiger partial charge in [-0.2, -0.15) is 0 Å². The number of hydrogen-bond donors (Lipinski definition) is 0. The van der Waals surface area contributed by atoms with Crippen LogP contribution < -0.4 is 4.74 Å². The summed E-state index contributed by atoms with van der Waals surface area (Å²) in [4.78, 5) is 25.7. The second kappa shape index (κ2) is 9.70. The van der Waals surface area contributed by atoms with Gasteiger partial charge in [0.05, 0.1) is 12.1 Å². The van der Waals surface area contributed by atoms with E-state index >= 15 is 0 Å². The van der Waals surface area contributed by atoms with Gasteiger partial charge < -0.3 is 18.8 Å². The first-order valence-electron chi connectivity index (χ1n) is 8.69. The maximum absolute atomic E-state index is 12.1. The highest BCUT2D eigenvalue weighted by Gasteiger charge is 2.14. The highest BCUT2D eigenvalue weighted by molar-refractivity contribution is 6.30. The fourth-order valence-corrected chi connectivity index (χ4v) is 2.45. The summed E-state index contributed by atoms with van der Waals surface area (Å²) in [6, 6.07) is 13.4. The second-order valence-electron chi connectivity index (χ2n) is 6.02. The number of rotatable bonds is 8. The number of hydrogen-bond acceptors (Lipinski definition) is 7. The molecule has 150 valence electrons. The monoisotopic (exact) mass is 415 g/mol. The quantitative estimate of drug-likeness (QED) is 0.521. The van der Waals surface area contributed by atoms with Gasteiger partial charge in [0.1, 0.15) is 12.4 Å². The van der Waals surface area contributed by atoms with Crippen LogP contribution in [0.5, 0.6) is 5.75 Å². The third-order valence-electron chi connectivity index (χ3n) is 3.99. The molecule has 0 bridgehead atoms. The molecule has 0 N–H and O–H groups in total. The fraction of sp³-hybridized carbons (Fsp3) is 0.200. The van der Waals surface area contributed by atoms with Gasteiger partial charge in [0.15, 0.2) is 6.61 Å². The summed E-state index contributed by atoms with van der Waals surface area (Å²) in [7, 11) is 1.61. The lowest BCUT2D eigenvalue weighted by atomic mass is 10.1. The summed E-state index contributed by atoms with van der Waals surface area (Å²) < 4.78 is 15.7. The van der Waals surface area contributed by atoms with Crippen LogP contribution >= 0.6 is 11.6 Å². The predicted octanol–water partition coefficient (Wildman–Crippen LogP) is 3.08. The molecular formula is C20H18ClN3O5. The number of carbonyl (C=O) groups excluding carboxylic acids is 2. The Hall–Kier alpha value is -3.39. The molecule has 9 heteroatoms. The van der Waals surface area contributed by atoms with Crippen molar-refractivity contribution in [3.63, 3.8) is 0 Å². The lowest BCUT2D eigenvalue weighted by Gasteiger charge is -2.17. The third kappa shape index (κ3) is 5.79. The van der Waals surface area contributed by atoms with Crippen LogP contribution in [-0.4, -0.2) is 53.8 Å². The van der Waals surface area contributed by atoms with Crippen LogP contribution in [0.15, 0.2) is 59.3 Å². The Morgan fingerprint density at radius 3 is 2.48 bits per heavy atom. The van der Waals surface area contributed by atoms with Crippen molar-refractivity contribution >= 4 is 23.5 Å². The van der Waals surface area contributed by atoms with Crippen molar-refractivity contribution in [1.82, 2.24) is 15.1 Å². The molecule has 3 rings (SSSR count). The minimum absolute atomic E-state index is 0.301. The SMILES string of the molecule is CN(CCOc1ccc(Cl)cc1)C(=O)COC(=O)c1ccc(-c2nnco2)cc1. The van der Waals surface area contributed by atoms with Gasteiger partial charge >= 0.3 is 5.97 Å². The number of benzene rings is 2. The zero-order valence-corrected chi connectivity index (χ0v) is 16.3. The van der Waals surface area contributed by atoms with Crippen LogP contribution in [0.2, 0.25) is 5.02 Å². The van der Waals surface area contributed by atoms with E-state index in [-0.39, 0.29) is 12.5 Å². The molecule has 0 atom stereocenters. The van der Waals surface area contributed by atoms with Crippen molar-refractivity contribution in [2.75, 3.05) is 26.8 Å². The summed E-state index contributed by atoms with van der Waals surface area (Å²) in [6.45, 7) is 0.286. The highest BCUT2D eigenvalue weighted by Crippen LogP contribution is 2.17. The van der Waals surface area contributed by atoms with Crippen molar-refractivity contribution in [2.45, 2.75) is 0 Å². The van der Waals surface area contributed by atoms with Gasteiger partial charge in [-0.1, -0.05) is 11.6 Å². The number of carbonyl (C=O) groups is 2. The maximum Gasteiger partial charge on any atom is 0.338 e. The van der Waals surface area contributed by atoms with Crippen LogP contribution in [0.4, 0.5) is 0 Å². The van der Waals surface area contributed by atoms with Crippen molar-refractivity contribution in [1.29, 1.82) is 0 Å². The van der Waals surface area contributed by atoms with E-state index in [0.717, 1.165) is 0 Å². The minimum Gasteiger partial charge on any atom is -0.492 e. The van der Waals surface area contributed by atoms with E-state index in [1.807, 2.05) is 0 Å². The Bertz CT molecular complexity index is 943. The molecule has 0 aliphatic rings. The van der Waals surface area contributed by atoms with E-state index in [4.69, 9.17) is 25.5 Å². The van der Waals surface area contributed by atoms with E-state index in [1.165, 1.54) is 11.3 Å². The van der Waals surface area contributed by atoms with Gasteiger partial charge in [-0.25, -0.2) is 4.79 Å². The lowest BCUT2D eigenvalue weighted by molar-refractivity contribution is -0.133. The average molecular weight is 416 g/mol. The predicted molar refractivity (Wildman–Crippen MR) is 105 cm³/mol. The van der Waals surface area contributed by atoms with Gasteiger partial charge in [-0.05, 0) is 48.5 Å². The summed E-state index contributed by atoms with van der Waals surface area (Å²) in [6.07, 6.45) is 1.22. The van der Waals surface area contributed by atoms with E-state index < -0.39 is 5.97 Å². The van der Waals surface area contributed by atoms with Gasteiger partial charge in [0, 0.05) is 17.6 Å². The highest BCUT2D eigenvalue weighted by atomic mass is 35.5. The molecule has 1 amide bonds. The molecule has 8 nitrogen and oxygen atoms in total. The Kier molecular flexibility index (Phi) is 6.80. The fourth-order valence-electron chi connectivity index (χ4n) is 2.32. The minimum atomic E-state index is -0.596. The third-order valence-corrected chi connectivity index (χ3v) is 4.24. The van der Waals surface area contributed by atoms with Crippen molar-refractivity contribution < 1.29 is 23.5 Å². The molecule has 3 aromatic rings. The molecular weight excluding hydrogens is 398 g/mol. The molecule has 2 aromatic carbocycles. The van der Waals surface area contributed by atoms with Crippen LogP contribution in [0.3, 0.4) is 0 Å². The van der Waals surface area contributed by atoms with Gasteiger partial charge in [-0.15, -0.1) is 10.2 Å². The van der Waals surface area contributed by atoms with Gasteiger partial charge in [0.2, 0.25) is 12.3 Å². The molecule has 1 heterocycles. The normalized spacial score (nSPS) is 10.4. The standard InChI is InChI=1S/C20H18ClN3O5/c1-24(10-11-27-17-8-6-16(21)7-9-17)18(25)12-28-20(26)15-4-2-14(3-5-15)19-23-22-13-29-19/h2-9,13H,10-12H2,1H3. The summed E-state index contributed by atoms with van der Waals surface area (Å²) >= 11 is 5.81. The summed E-state index contributed by atoms with van der Waals surface area (Å²) in [5.74, 6) is 0.0787. The maximum atomic E-state index is 12.1. The average Bonchev–Trinajstić information content (AvgIpc) is 3.28. The second-order valence-corrected chi connectivity index (χ2v) is 6.45. The Balaban J connectivity index is 1.41. The number of esters is 1. The first-order chi connectivity index (χ1) is 14.0. The number of amides is 1. The van der Waals surface area contributed by atoms with Crippen molar-refractivity contribution in [2.24, 2.45) is 0 Å². The van der Waals surface area contributed by atoms with Crippen molar-refractivity contribution in [3.05, 3.63) is 65.5 Å². The first kappa shape index (κ1) is 20.3. The van der Waals surface area contributed by atoms with Crippen LogP contribution in [-0.2, 0) is 9.53 Å². The number of halogens is 1. The van der Waals surface area contributed by atoms with Crippen LogP contribution in [0.25, 0.3) is 11.5 Å². The lowest BCUT2D eigenvalue weighted by Crippen LogP contribution is -2.34. The van der Waals surface area contributed by atoms with Crippen LogP contribution in [0, 0.1) is 0 Å². The first-order valence-corrected chi connectivity index (χ1v) is 9.07. The van der Waals surface area contributed by atoms with Crippen molar-refractivity contribution in [3.8, 4) is 17.2 Å². The smallest absolute Gasteiger partial charge is 0.338 e. The number of likely N-dealkylation sites (N-methyl/N-ethyl adjacent to an activating group) is 1. The Morgan fingerprint density at radius 2 is 1.83 bits per heavy atom. The Morgan fingerprint density at radius 1 is 1.10 bits per heavy atom. The molecule has 0 aliphatic heterocycles. The molecule has 0 fully saturated rings. The van der Waals surface area contributed by atoms with Gasteiger partial charge in [0.25, 0.3) is 5.91 Å². The molecule has 0 aliphatic carbocycles. The van der Waals surface area contributed by atoms with E-state index in [2.05, 4.69) is 10.2 Å². The molecule has 29 heavy (non-hydrogen) atoms. The molecule has 0 saturated carbocycles. The van der Waals surface area contributed by atoms with Crippen LogP contribution in [0.1, 0.15) is 10.4 Å². The topological polar surface area (TPSA) is 94.8 Å². The molecule has 1 aromatic heterocycles. The zero-order chi connectivity index (χ0) is 20.6. The number of ether oxygens (including phenoxy) is 2. The summed E-state index contributed by atoms with van der Waals surface area (Å²) in [5, 5.41) is 8.01. The Labute approximate surface area is 172 Å². The number of aromatic nitrogens is 2. The summed E-state index contributed by atoms with van der Waals surface area (Å²) in [5.41, 5.74) is 0.991. The molecule has 0 saturated heterocycles. The van der Waals surface area contributed by atoms with E-state index in [1.54, 1.807) is 55.6 Å². The van der Waals surface area contributed by atoms with E-state index in [0.29, 0.717) is 40.9 Å². The van der Waals surface area contributed by atoms with Gasteiger partial charge in [-0.3, -0.25) is 4.79 Å². The van der Waals surface area contributed by atoms with E-state index in [9.17, 15) is 9.59 Å². The zero-order valence-electron chi connectivity index (χ0n) is 15.6. The number of nitrogens with zero attached hydrogens (tertiary/aromatic N) is 3. The largest absolute Gasteiger partial charge is 0.492 e. The molecule has 0 radical (unpaired) electrons. The molecule has 0 spiro atoms.